The second-order valence-corrected chi connectivity index (χ2v) is 5.22. The predicted octanol–water partition coefficient (Wildman–Crippen LogP) is -0.0308. The number of nitrogens with zero attached hydrogens (tertiary/aromatic N) is 1. The molecule has 0 unspecified atom stereocenters. The first-order valence-electron chi connectivity index (χ1n) is 6.81. The molecule has 1 N–H and O–H groups in total. The molecule has 0 amide bonds. The van der Waals surface area contributed by atoms with E-state index in [2.05, 4.69) is 49.1 Å². The highest BCUT2D eigenvalue weighted by atomic mass is 35.7. The molecule has 0 aliphatic carbocycles. The van der Waals surface area contributed by atoms with Gasteiger partial charge in [-0.25, -0.2) is 0 Å². The molecule has 0 saturated carbocycles. The summed E-state index contributed by atoms with van der Waals surface area (Å²) in [5.41, 5.74) is 1.37. The van der Waals surface area contributed by atoms with Crippen molar-refractivity contribution in [1.29, 1.82) is 0 Å². The molecule has 1 rings (SSSR count). The number of rotatable bonds is 7. The van der Waals surface area contributed by atoms with Crippen LogP contribution in [0.5, 0.6) is 0 Å². The Morgan fingerprint density at radius 3 is 1.70 bits per heavy atom. The van der Waals surface area contributed by atoms with Crippen LogP contribution in [0.3, 0.4) is 0 Å². The van der Waals surface area contributed by atoms with E-state index in [9.17, 15) is 0 Å². The largest absolute Gasteiger partial charge is 0.372 e. The summed E-state index contributed by atoms with van der Waals surface area (Å²) in [6, 6.07) is 10.8. The standard InChI is InChI=1S/C14H23N.ClHO4/c1-3-5-12-15(13-6-4-2)14-10-8-7-9-11-14;2-1(3,4)5/h7-11H,3-6,12-13H2,1-2H3;(H,2,3,4,5). The van der Waals surface area contributed by atoms with Crippen LogP contribution in [0.25, 0.3) is 0 Å². The first-order valence-corrected chi connectivity index (χ1v) is 8.08. The van der Waals surface area contributed by atoms with Crippen LogP contribution >= 0.6 is 0 Å². The SMILES string of the molecule is CCCCN(CCCC)c1ccccc1.[O-][Cl+3]([O-])([O-])O. The van der Waals surface area contributed by atoms with Crippen molar-refractivity contribution in [3.05, 3.63) is 30.3 Å². The molecule has 6 heteroatoms. The van der Waals surface area contributed by atoms with Crippen molar-refractivity contribution in [2.24, 2.45) is 0 Å². The zero-order valence-corrected chi connectivity index (χ0v) is 12.9. The Kier molecular flexibility index (Phi) is 10.4. The van der Waals surface area contributed by atoms with Crippen molar-refractivity contribution >= 4 is 5.69 Å². The molecule has 0 atom stereocenters. The fourth-order valence-electron chi connectivity index (χ4n) is 1.71. The molecular formula is C14H24ClNO4. The summed E-state index contributed by atoms with van der Waals surface area (Å²) >= 11 is 0. The minimum atomic E-state index is -4.69. The number of hydrogen-bond acceptors (Lipinski definition) is 5. The average Bonchev–Trinajstić information content (AvgIpc) is 2.38. The van der Waals surface area contributed by atoms with Crippen LogP contribution in [-0.4, -0.2) is 17.7 Å². The quantitative estimate of drug-likeness (QED) is 0.763. The first-order chi connectivity index (χ1) is 9.38. The Hall–Kier alpha value is -0.850. The molecule has 0 spiro atoms. The lowest BCUT2D eigenvalue weighted by Crippen LogP contribution is -2.58. The molecular weight excluding hydrogens is 282 g/mol. The average molecular weight is 306 g/mol. The van der Waals surface area contributed by atoms with Crippen LogP contribution in [-0.2, 0) is 0 Å². The fraction of sp³-hybridized carbons (Fsp3) is 0.571. The molecule has 0 heterocycles. The van der Waals surface area contributed by atoms with Gasteiger partial charge >= 0.3 is 0 Å². The number of anilines is 1. The first kappa shape index (κ1) is 19.1. The van der Waals surface area contributed by atoms with Gasteiger partial charge in [0.05, 0.1) is 14.9 Å². The van der Waals surface area contributed by atoms with Crippen molar-refractivity contribution in [3.63, 3.8) is 0 Å². The molecule has 0 fully saturated rings. The number of hydrogen-bond donors (Lipinski definition) is 1. The summed E-state index contributed by atoms with van der Waals surface area (Å²) < 4.78 is 32.7. The highest BCUT2D eigenvalue weighted by Gasteiger charge is 2.03. The molecule has 116 valence electrons. The van der Waals surface area contributed by atoms with Crippen molar-refractivity contribution in [2.45, 2.75) is 39.5 Å². The van der Waals surface area contributed by atoms with Gasteiger partial charge < -0.3 is 4.90 Å². The Balaban J connectivity index is 0.000000621. The summed E-state index contributed by atoms with van der Waals surface area (Å²) in [5.74, 6) is 0. The highest BCUT2D eigenvalue weighted by molar-refractivity contribution is 5.45. The Morgan fingerprint density at radius 1 is 0.950 bits per heavy atom. The van der Waals surface area contributed by atoms with Crippen LogP contribution in [0.15, 0.2) is 30.3 Å². The van der Waals surface area contributed by atoms with Crippen LogP contribution in [0.2, 0.25) is 0 Å². The number of halogens is 1. The normalized spacial score (nSPS) is 10.7. The molecule has 1 aromatic carbocycles. The summed E-state index contributed by atoms with van der Waals surface area (Å²) in [6.45, 7) is 6.90. The minimum Gasteiger partial charge on any atom is -0.372 e. The van der Waals surface area contributed by atoms with Crippen molar-refractivity contribution in [1.82, 2.24) is 0 Å². The van der Waals surface area contributed by atoms with E-state index in [0.29, 0.717) is 0 Å². The van der Waals surface area contributed by atoms with E-state index in [1.165, 1.54) is 44.5 Å². The number of para-hydroxylation sites is 1. The predicted molar refractivity (Wildman–Crippen MR) is 70.7 cm³/mol. The molecule has 0 radical (unpaired) electrons. The van der Waals surface area contributed by atoms with Gasteiger partial charge in [-0.2, -0.15) is 14.0 Å². The lowest BCUT2D eigenvalue weighted by Gasteiger charge is -2.24. The number of unbranched alkanes of at least 4 members (excludes halogenated alkanes) is 2. The second kappa shape index (κ2) is 10.9. The molecule has 5 nitrogen and oxygen atoms in total. The fourth-order valence-corrected chi connectivity index (χ4v) is 1.71. The van der Waals surface area contributed by atoms with Crippen molar-refractivity contribution in [2.75, 3.05) is 18.0 Å². The van der Waals surface area contributed by atoms with Crippen LogP contribution in [0.1, 0.15) is 39.5 Å². The topological polar surface area (TPSA) is 92.7 Å². The summed E-state index contributed by atoms with van der Waals surface area (Å²) in [6.07, 6.45) is 5.13. The van der Waals surface area contributed by atoms with Gasteiger partial charge in [0.1, 0.15) is 0 Å². The van der Waals surface area contributed by atoms with Gasteiger partial charge in [0, 0.05) is 18.8 Å². The second-order valence-electron chi connectivity index (χ2n) is 4.43. The van der Waals surface area contributed by atoms with Crippen LogP contribution in [0, 0.1) is 10.2 Å². The molecule has 0 aliphatic heterocycles. The van der Waals surface area contributed by atoms with Gasteiger partial charge in [0.2, 0.25) is 0 Å². The van der Waals surface area contributed by atoms with E-state index >= 15 is 0 Å². The third-order valence-corrected chi connectivity index (χ3v) is 2.68. The molecule has 20 heavy (non-hydrogen) atoms. The molecule has 0 aromatic heterocycles. The molecule has 0 saturated heterocycles. The molecule has 0 bridgehead atoms. The smallest absolute Gasteiger partial charge is 0.0777 e. The summed E-state index contributed by atoms with van der Waals surface area (Å²) in [5, 5.41) is 0. The lowest BCUT2D eigenvalue weighted by molar-refractivity contribution is -1.92. The van der Waals surface area contributed by atoms with Gasteiger partial charge in [0.25, 0.3) is 0 Å². The van der Waals surface area contributed by atoms with Crippen LogP contribution < -0.4 is 18.9 Å². The van der Waals surface area contributed by atoms with E-state index in [1.54, 1.807) is 0 Å². The molecule has 0 aliphatic rings. The third-order valence-electron chi connectivity index (χ3n) is 2.68. The lowest BCUT2D eigenvalue weighted by atomic mass is 10.2. The third kappa shape index (κ3) is 12.2. The minimum absolute atomic E-state index is 1.19. The highest BCUT2D eigenvalue weighted by Crippen LogP contribution is 2.14. The Morgan fingerprint density at radius 2 is 1.35 bits per heavy atom. The Labute approximate surface area is 123 Å². The van der Waals surface area contributed by atoms with Crippen molar-refractivity contribution < 1.29 is 28.9 Å². The van der Waals surface area contributed by atoms with E-state index in [0.717, 1.165) is 0 Å². The van der Waals surface area contributed by atoms with Crippen LogP contribution in [0.4, 0.5) is 5.69 Å². The maximum absolute atomic E-state index is 8.60. The zero-order chi connectivity index (χ0) is 15.4. The van der Waals surface area contributed by atoms with E-state index in [-0.39, 0.29) is 0 Å². The van der Waals surface area contributed by atoms with Gasteiger partial charge in [-0.15, -0.1) is 0 Å². The molecule has 1 aromatic rings. The maximum atomic E-state index is 8.60. The maximum Gasteiger partial charge on any atom is 0.0777 e. The van der Waals surface area contributed by atoms with Crippen molar-refractivity contribution in [3.8, 4) is 0 Å². The Bertz CT molecular complexity index is 316. The van der Waals surface area contributed by atoms with E-state index in [1.807, 2.05) is 0 Å². The monoisotopic (exact) mass is 305 g/mol. The van der Waals surface area contributed by atoms with E-state index < -0.39 is 10.2 Å². The number of benzene rings is 1. The summed E-state index contributed by atoms with van der Waals surface area (Å²) in [4.78, 5) is 2.51. The zero-order valence-electron chi connectivity index (χ0n) is 12.1. The van der Waals surface area contributed by atoms with E-state index in [4.69, 9.17) is 18.6 Å². The van der Waals surface area contributed by atoms with Gasteiger partial charge in [-0.1, -0.05) is 44.9 Å². The summed E-state index contributed by atoms with van der Waals surface area (Å²) in [7, 11) is -4.69. The van der Waals surface area contributed by atoms with Gasteiger partial charge in [0.15, 0.2) is 0 Å². The van der Waals surface area contributed by atoms with Gasteiger partial charge in [-0.3, -0.25) is 0 Å². The van der Waals surface area contributed by atoms with Gasteiger partial charge in [-0.05, 0) is 25.0 Å².